The van der Waals surface area contributed by atoms with Gasteiger partial charge in [-0.05, 0) is 30.3 Å². The van der Waals surface area contributed by atoms with Gasteiger partial charge in [0.1, 0.15) is 0 Å². The van der Waals surface area contributed by atoms with Gasteiger partial charge in [0.15, 0.2) is 0 Å². The van der Waals surface area contributed by atoms with Crippen LogP contribution in [0.4, 0.5) is 5.69 Å². The van der Waals surface area contributed by atoms with Crippen molar-refractivity contribution in [3.8, 4) is 0 Å². The summed E-state index contributed by atoms with van der Waals surface area (Å²) in [7, 11) is 0. The Morgan fingerprint density at radius 1 is 0.850 bits per heavy atom. The third-order valence-corrected chi connectivity index (χ3v) is 2.30. The molecule has 0 aliphatic heterocycles. The lowest BCUT2D eigenvalue weighted by Gasteiger charge is -1.95. The molecule has 104 valence electrons. The van der Waals surface area contributed by atoms with Gasteiger partial charge in [0.2, 0.25) is 0 Å². The number of hydrogen-bond acceptors (Lipinski definition) is 4. The van der Waals surface area contributed by atoms with Crippen LogP contribution in [0.25, 0.3) is 0 Å². The maximum atomic E-state index is 10.4. The first-order valence-corrected chi connectivity index (χ1v) is 5.63. The highest BCUT2D eigenvalue weighted by Gasteiger charge is 2.06. The highest BCUT2D eigenvalue weighted by atomic mass is 16.4. The summed E-state index contributed by atoms with van der Waals surface area (Å²) in [6, 6.07) is 14.8. The molecular weight excluding hydrogens is 260 g/mol. The number of anilines is 1. The van der Waals surface area contributed by atoms with Crippen LogP contribution < -0.4 is 11.3 Å². The van der Waals surface area contributed by atoms with Gasteiger partial charge in [-0.1, -0.05) is 24.3 Å². The number of benzene rings is 2. The van der Waals surface area contributed by atoms with Crippen LogP contribution in [0.2, 0.25) is 0 Å². The zero-order valence-corrected chi connectivity index (χ0v) is 10.5. The second-order valence-electron chi connectivity index (χ2n) is 3.70. The number of aromatic carboxylic acids is 2. The van der Waals surface area contributed by atoms with E-state index in [4.69, 9.17) is 16.1 Å². The Labute approximate surface area is 115 Å². The van der Waals surface area contributed by atoms with Gasteiger partial charge in [-0.25, -0.2) is 9.59 Å². The van der Waals surface area contributed by atoms with Crippen LogP contribution in [0.3, 0.4) is 0 Å². The minimum atomic E-state index is -1.13. The summed E-state index contributed by atoms with van der Waals surface area (Å²) >= 11 is 0. The molecule has 0 aromatic heterocycles. The normalized spacial score (nSPS) is 9.05. The minimum absolute atomic E-state index is 0.0186. The fourth-order valence-corrected chi connectivity index (χ4v) is 1.32. The second kappa shape index (κ2) is 7.55. The molecule has 2 aromatic rings. The van der Waals surface area contributed by atoms with Crippen molar-refractivity contribution in [2.24, 2.45) is 5.84 Å². The molecule has 0 aliphatic carbocycles. The summed E-state index contributed by atoms with van der Waals surface area (Å²) in [5.74, 6) is 2.85. The number of hydrazine groups is 1. The lowest BCUT2D eigenvalue weighted by atomic mass is 10.1. The zero-order chi connectivity index (χ0) is 15.0. The summed E-state index contributed by atoms with van der Waals surface area (Å²) < 4.78 is 0. The van der Waals surface area contributed by atoms with Gasteiger partial charge in [0, 0.05) is 5.69 Å². The Balaban J connectivity index is 0.000000217. The summed E-state index contributed by atoms with van der Waals surface area (Å²) in [5.41, 5.74) is 3.43. The average Bonchev–Trinajstić information content (AvgIpc) is 2.49. The van der Waals surface area contributed by atoms with E-state index >= 15 is 0 Å². The first-order chi connectivity index (χ1) is 9.54. The third-order valence-electron chi connectivity index (χ3n) is 2.30. The molecule has 0 amide bonds. The van der Waals surface area contributed by atoms with Crippen LogP contribution in [0, 0.1) is 0 Å². The molecule has 0 aliphatic rings. The highest BCUT2D eigenvalue weighted by molar-refractivity contribution is 5.93. The van der Waals surface area contributed by atoms with Crippen molar-refractivity contribution in [1.82, 2.24) is 0 Å². The lowest BCUT2D eigenvalue weighted by Crippen LogP contribution is -2.05. The number of carboxylic acid groups (broad SMARTS) is 2. The van der Waals surface area contributed by atoms with E-state index in [1.807, 2.05) is 30.3 Å². The molecule has 0 unspecified atom stereocenters. The maximum absolute atomic E-state index is 10.4. The standard InChI is InChI=1S/C8H6O4.C6H8N2/c9-7(10)5-2-1-3-6(4-5)8(11)12;7-8-6-4-2-1-3-5-6/h1-4H,(H,9,10)(H,11,12);1-5,8H,7H2. The summed E-state index contributed by atoms with van der Waals surface area (Å²) in [6.45, 7) is 0. The van der Waals surface area contributed by atoms with Gasteiger partial charge in [-0.15, -0.1) is 0 Å². The molecule has 0 saturated heterocycles. The number of carboxylic acids is 2. The molecule has 0 saturated carbocycles. The minimum Gasteiger partial charge on any atom is -0.478 e. The van der Waals surface area contributed by atoms with E-state index in [1.54, 1.807) is 0 Å². The smallest absolute Gasteiger partial charge is 0.335 e. The molecule has 20 heavy (non-hydrogen) atoms. The van der Waals surface area contributed by atoms with E-state index in [0.717, 1.165) is 11.8 Å². The fraction of sp³-hybridized carbons (Fsp3) is 0. The van der Waals surface area contributed by atoms with Crippen molar-refractivity contribution < 1.29 is 19.8 Å². The Bertz CT molecular complexity index is 555. The van der Waals surface area contributed by atoms with Crippen LogP contribution >= 0.6 is 0 Å². The first-order valence-electron chi connectivity index (χ1n) is 5.63. The predicted molar refractivity (Wildman–Crippen MR) is 74.6 cm³/mol. The van der Waals surface area contributed by atoms with Crippen molar-refractivity contribution in [3.63, 3.8) is 0 Å². The maximum Gasteiger partial charge on any atom is 0.335 e. The van der Waals surface area contributed by atoms with Gasteiger partial charge in [-0.3, -0.25) is 5.84 Å². The van der Waals surface area contributed by atoms with Crippen molar-refractivity contribution >= 4 is 17.6 Å². The van der Waals surface area contributed by atoms with Crippen LogP contribution in [0.5, 0.6) is 0 Å². The van der Waals surface area contributed by atoms with E-state index in [0.29, 0.717) is 0 Å². The second-order valence-corrected chi connectivity index (χ2v) is 3.70. The van der Waals surface area contributed by atoms with Crippen molar-refractivity contribution in [2.45, 2.75) is 0 Å². The van der Waals surface area contributed by atoms with E-state index < -0.39 is 11.9 Å². The molecule has 5 N–H and O–H groups in total. The van der Waals surface area contributed by atoms with Crippen LogP contribution in [-0.4, -0.2) is 22.2 Å². The Morgan fingerprint density at radius 2 is 1.35 bits per heavy atom. The number of nitrogen functional groups attached to an aromatic ring is 1. The van der Waals surface area contributed by atoms with E-state index in [9.17, 15) is 9.59 Å². The van der Waals surface area contributed by atoms with Crippen molar-refractivity contribution in [1.29, 1.82) is 0 Å². The Hall–Kier alpha value is -2.86. The molecule has 2 aromatic carbocycles. The summed E-state index contributed by atoms with van der Waals surface area (Å²) in [5, 5.41) is 17.0. The van der Waals surface area contributed by atoms with Crippen LogP contribution in [0.1, 0.15) is 20.7 Å². The predicted octanol–water partition coefficient (Wildman–Crippen LogP) is 2.06. The molecular formula is C14H14N2O4. The number of nitrogens with two attached hydrogens (primary N) is 1. The fourth-order valence-electron chi connectivity index (χ4n) is 1.32. The highest BCUT2D eigenvalue weighted by Crippen LogP contribution is 2.04. The van der Waals surface area contributed by atoms with Crippen LogP contribution in [-0.2, 0) is 0 Å². The first kappa shape index (κ1) is 15.2. The van der Waals surface area contributed by atoms with Gasteiger partial charge in [0.05, 0.1) is 11.1 Å². The van der Waals surface area contributed by atoms with Crippen molar-refractivity contribution in [3.05, 3.63) is 65.7 Å². The lowest BCUT2D eigenvalue weighted by molar-refractivity contribution is 0.0696. The van der Waals surface area contributed by atoms with Crippen LogP contribution in [0.15, 0.2) is 54.6 Å². The monoisotopic (exact) mass is 274 g/mol. The van der Waals surface area contributed by atoms with Gasteiger partial charge < -0.3 is 15.6 Å². The summed E-state index contributed by atoms with van der Waals surface area (Å²) in [6.07, 6.45) is 0. The molecule has 0 radical (unpaired) electrons. The van der Waals surface area contributed by atoms with Gasteiger partial charge in [-0.2, -0.15) is 0 Å². The van der Waals surface area contributed by atoms with Gasteiger partial charge in [0.25, 0.3) is 0 Å². The number of hydrogen-bond donors (Lipinski definition) is 4. The number of para-hydroxylation sites is 1. The molecule has 2 rings (SSSR count). The quantitative estimate of drug-likeness (QED) is 0.503. The number of rotatable bonds is 3. The van der Waals surface area contributed by atoms with E-state index in [2.05, 4.69) is 5.43 Å². The number of carbonyl (C=O) groups is 2. The third kappa shape index (κ3) is 4.79. The Kier molecular flexibility index (Phi) is 5.74. The van der Waals surface area contributed by atoms with E-state index in [1.165, 1.54) is 18.2 Å². The van der Waals surface area contributed by atoms with Gasteiger partial charge >= 0.3 is 11.9 Å². The molecule has 0 fully saturated rings. The molecule has 0 atom stereocenters. The Morgan fingerprint density at radius 3 is 1.70 bits per heavy atom. The largest absolute Gasteiger partial charge is 0.478 e. The molecule has 0 bridgehead atoms. The average molecular weight is 274 g/mol. The topological polar surface area (TPSA) is 113 Å². The molecule has 0 heterocycles. The number of nitrogens with one attached hydrogen (secondary N) is 1. The van der Waals surface area contributed by atoms with E-state index in [-0.39, 0.29) is 11.1 Å². The summed E-state index contributed by atoms with van der Waals surface area (Å²) in [4.78, 5) is 20.8. The molecule has 0 spiro atoms. The molecule has 6 nitrogen and oxygen atoms in total. The SMILES string of the molecule is NNc1ccccc1.O=C(O)c1cccc(C(=O)O)c1. The molecule has 6 heteroatoms. The zero-order valence-electron chi connectivity index (χ0n) is 10.5. The van der Waals surface area contributed by atoms with Crippen molar-refractivity contribution in [2.75, 3.05) is 5.43 Å².